The van der Waals surface area contributed by atoms with Gasteiger partial charge in [0.2, 0.25) is 5.69 Å². The van der Waals surface area contributed by atoms with Crippen molar-refractivity contribution in [2.45, 2.75) is 0 Å². The first-order chi connectivity index (χ1) is 28.2. The van der Waals surface area contributed by atoms with E-state index in [0.29, 0.717) is 16.9 Å². The van der Waals surface area contributed by atoms with Gasteiger partial charge in [0.1, 0.15) is 0 Å². The third-order valence-electron chi connectivity index (χ3n) is 11.3. The maximum Gasteiger partial charge on any atom is 0.211 e. The van der Waals surface area contributed by atoms with Crippen molar-refractivity contribution in [3.63, 3.8) is 0 Å². The summed E-state index contributed by atoms with van der Waals surface area (Å²) in [5.74, 6) is 0. The van der Waals surface area contributed by atoms with Crippen LogP contribution >= 0.6 is 0 Å². The van der Waals surface area contributed by atoms with E-state index in [1.54, 1.807) is 0 Å². The summed E-state index contributed by atoms with van der Waals surface area (Å²) in [6.07, 6.45) is 0. The molecule has 0 aliphatic heterocycles. The Morgan fingerprint density at radius 3 is 1.70 bits per heavy atom. The minimum absolute atomic E-state index is 0.555. The molecule has 57 heavy (non-hydrogen) atoms. The summed E-state index contributed by atoms with van der Waals surface area (Å²) in [6, 6.07) is 60.3. The van der Waals surface area contributed by atoms with E-state index in [1.807, 2.05) is 48.5 Å². The molecule has 0 aliphatic rings. The Hall–Kier alpha value is -8.37. The van der Waals surface area contributed by atoms with Gasteiger partial charge in [-0.25, -0.2) is 9.69 Å². The molecule has 0 amide bonds. The van der Waals surface area contributed by atoms with Gasteiger partial charge in [0.05, 0.1) is 69.3 Å². The predicted molar refractivity (Wildman–Crippen MR) is 232 cm³/mol. The molecule has 0 N–H and O–H groups in total. The largest absolute Gasteiger partial charge is 0.318 e. The number of hydrogen-bond donors (Lipinski definition) is 0. The molecule has 0 radical (unpaired) electrons. The summed E-state index contributed by atoms with van der Waals surface area (Å²) >= 11 is 0. The van der Waals surface area contributed by atoms with Gasteiger partial charge < -0.3 is 13.7 Å². The van der Waals surface area contributed by atoms with Crippen molar-refractivity contribution in [1.82, 2.24) is 13.7 Å². The third kappa shape index (κ3) is 4.61. The molecule has 11 rings (SSSR count). The van der Waals surface area contributed by atoms with Crippen LogP contribution in [0.4, 0.5) is 11.4 Å². The standard InChI is InChI=1S/C51H28N6/c1-53-34-24-28-48-42(30-34)41-29-32(31-52)21-27-47(41)56(48)49-20-10-15-40-39-13-5-6-17-44(39)55(51(40)49)35-25-22-33(23-26-35)36-14-9-16-43(54-2)50(36)57-45-18-7-3-11-37(45)38-12-4-8-19-46(38)57/h3-30H. The second kappa shape index (κ2) is 12.3. The monoisotopic (exact) mass is 724 g/mol. The molecule has 6 heteroatoms. The number of nitrogens with zero attached hydrogens (tertiary/aromatic N) is 6. The third-order valence-corrected chi connectivity index (χ3v) is 11.3. The van der Waals surface area contributed by atoms with Crippen LogP contribution in [0.5, 0.6) is 0 Å². The van der Waals surface area contributed by atoms with E-state index in [2.05, 4.69) is 151 Å². The Morgan fingerprint density at radius 1 is 0.456 bits per heavy atom. The van der Waals surface area contributed by atoms with Crippen molar-refractivity contribution in [1.29, 1.82) is 5.26 Å². The normalized spacial score (nSPS) is 11.5. The van der Waals surface area contributed by atoms with E-state index in [-0.39, 0.29) is 0 Å². The lowest BCUT2D eigenvalue weighted by atomic mass is 10.0. The molecule has 0 bridgehead atoms. The quantitative estimate of drug-likeness (QED) is 0.167. The van der Waals surface area contributed by atoms with E-state index in [9.17, 15) is 5.26 Å². The number of nitriles is 1. The molecule has 3 aromatic heterocycles. The highest BCUT2D eigenvalue weighted by atomic mass is 15.1. The van der Waals surface area contributed by atoms with Gasteiger partial charge in [-0.05, 0) is 83.2 Å². The Balaban J connectivity index is 1.15. The van der Waals surface area contributed by atoms with Crippen LogP contribution in [0.1, 0.15) is 5.56 Å². The topological polar surface area (TPSA) is 47.3 Å². The fourth-order valence-electron chi connectivity index (χ4n) is 8.90. The van der Waals surface area contributed by atoms with Gasteiger partial charge in [0.15, 0.2) is 5.69 Å². The second-order valence-corrected chi connectivity index (χ2v) is 14.2. The first-order valence-electron chi connectivity index (χ1n) is 18.6. The van der Waals surface area contributed by atoms with Crippen LogP contribution in [-0.2, 0) is 0 Å². The first kappa shape index (κ1) is 32.1. The lowest BCUT2D eigenvalue weighted by molar-refractivity contribution is 1.13. The zero-order valence-electron chi connectivity index (χ0n) is 30.3. The van der Waals surface area contributed by atoms with Crippen molar-refractivity contribution >= 4 is 76.8 Å². The molecule has 0 unspecified atom stereocenters. The smallest absolute Gasteiger partial charge is 0.211 e. The fraction of sp³-hybridized carbons (Fsp3) is 0. The van der Waals surface area contributed by atoms with Crippen LogP contribution in [0.25, 0.3) is 103 Å². The zero-order valence-corrected chi connectivity index (χ0v) is 30.3. The van der Waals surface area contributed by atoms with Crippen LogP contribution in [0.15, 0.2) is 170 Å². The molecule has 0 fully saturated rings. The van der Waals surface area contributed by atoms with Gasteiger partial charge in [0, 0.05) is 32.6 Å². The molecular formula is C51H28N6. The van der Waals surface area contributed by atoms with Crippen molar-refractivity contribution in [2.24, 2.45) is 0 Å². The lowest BCUT2D eigenvalue weighted by Crippen LogP contribution is -2.01. The van der Waals surface area contributed by atoms with Crippen LogP contribution in [-0.4, -0.2) is 13.7 Å². The van der Waals surface area contributed by atoms with Crippen LogP contribution in [0.2, 0.25) is 0 Å². The maximum atomic E-state index is 9.82. The summed E-state index contributed by atoms with van der Waals surface area (Å²) < 4.78 is 6.84. The Morgan fingerprint density at radius 2 is 1.04 bits per heavy atom. The first-order valence-corrected chi connectivity index (χ1v) is 18.6. The van der Waals surface area contributed by atoms with Crippen molar-refractivity contribution in [3.05, 3.63) is 198 Å². The van der Waals surface area contributed by atoms with Crippen molar-refractivity contribution < 1.29 is 0 Å². The molecule has 8 aromatic carbocycles. The minimum atomic E-state index is 0.555. The van der Waals surface area contributed by atoms with Crippen LogP contribution in [0.3, 0.4) is 0 Å². The molecular weight excluding hydrogens is 697 g/mol. The summed E-state index contributed by atoms with van der Waals surface area (Å²) in [6.45, 7) is 16.0. The summed E-state index contributed by atoms with van der Waals surface area (Å²) in [4.78, 5) is 7.77. The molecule has 0 saturated carbocycles. The van der Waals surface area contributed by atoms with Gasteiger partial charge in [-0.2, -0.15) is 5.26 Å². The Bertz CT molecular complexity index is 3490. The fourth-order valence-corrected chi connectivity index (χ4v) is 8.90. The van der Waals surface area contributed by atoms with Crippen molar-refractivity contribution in [3.8, 4) is 34.3 Å². The highest BCUT2D eigenvalue weighted by Gasteiger charge is 2.22. The average Bonchev–Trinajstić information content (AvgIpc) is 3.91. The van der Waals surface area contributed by atoms with Gasteiger partial charge in [-0.3, -0.25) is 0 Å². The molecule has 0 atom stereocenters. The SMILES string of the molecule is [C-]#[N+]c1ccc2c(c1)c1cc(C#N)ccc1n2-c1cccc2c3ccccc3n(-c3ccc(-c4cccc([N+]#[C-])c4-n4c5ccccc5c5ccccc54)cc3)c12. The molecule has 6 nitrogen and oxygen atoms in total. The van der Waals surface area contributed by atoms with E-state index >= 15 is 0 Å². The Labute approximate surface area is 327 Å². The predicted octanol–water partition coefficient (Wildman–Crippen LogP) is 13.6. The highest BCUT2D eigenvalue weighted by Crippen LogP contribution is 2.43. The van der Waals surface area contributed by atoms with Gasteiger partial charge in [-0.1, -0.05) is 103 Å². The number of para-hydroxylation sites is 5. The molecule has 0 aliphatic carbocycles. The lowest BCUT2D eigenvalue weighted by Gasteiger charge is -2.17. The van der Waals surface area contributed by atoms with E-state index in [0.717, 1.165) is 93.6 Å². The van der Waals surface area contributed by atoms with Crippen molar-refractivity contribution in [2.75, 3.05) is 0 Å². The maximum absolute atomic E-state index is 9.82. The Kier molecular flexibility index (Phi) is 6.95. The number of rotatable bonds is 4. The summed E-state index contributed by atoms with van der Waals surface area (Å²) in [5, 5.41) is 16.2. The highest BCUT2D eigenvalue weighted by molar-refractivity contribution is 6.16. The number of benzene rings is 8. The van der Waals surface area contributed by atoms with Crippen LogP contribution in [0, 0.1) is 24.5 Å². The molecule has 262 valence electrons. The summed E-state index contributed by atoms with van der Waals surface area (Å²) in [5.41, 5.74) is 12.7. The minimum Gasteiger partial charge on any atom is -0.318 e. The molecule has 0 saturated heterocycles. The van der Waals surface area contributed by atoms with E-state index in [4.69, 9.17) is 13.1 Å². The summed E-state index contributed by atoms with van der Waals surface area (Å²) in [7, 11) is 0. The number of aromatic nitrogens is 3. The second-order valence-electron chi connectivity index (χ2n) is 14.2. The average molecular weight is 725 g/mol. The van der Waals surface area contributed by atoms with Gasteiger partial charge in [-0.15, -0.1) is 0 Å². The van der Waals surface area contributed by atoms with E-state index in [1.165, 1.54) is 0 Å². The van der Waals surface area contributed by atoms with Gasteiger partial charge >= 0.3 is 0 Å². The number of fused-ring (bicyclic) bond motifs is 9. The molecule has 11 aromatic rings. The number of hydrogen-bond acceptors (Lipinski definition) is 1. The molecule has 3 heterocycles. The molecule has 0 spiro atoms. The zero-order chi connectivity index (χ0) is 38.2. The van der Waals surface area contributed by atoms with Crippen LogP contribution < -0.4 is 0 Å². The van der Waals surface area contributed by atoms with E-state index < -0.39 is 0 Å². The van der Waals surface area contributed by atoms with Gasteiger partial charge in [0.25, 0.3) is 0 Å².